The molecule has 0 unspecified atom stereocenters. The zero-order valence-corrected chi connectivity index (χ0v) is 11.5. The predicted octanol–water partition coefficient (Wildman–Crippen LogP) is 3.03. The Balaban J connectivity index is 2.42. The van der Waals surface area contributed by atoms with Crippen molar-refractivity contribution in [2.24, 2.45) is 0 Å². The largest absolute Gasteiger partial charge is 0.437 e. The highest BCUT2D eigenvalue weighted by Gasteiger charge is 2.16. The fourth-order valence-electron chi connectivity index (χ4n) is 1.62. The summed E-state index contributed by atoms with van der Waals surface area (Å²) in [5.74, 6) is 0.636. The highest BCUT2D eigenvalue weighted by molar-refractivity contribution is 6.34. The molecule has 20 heavy (non-hydrogen) atoms. The first kappa shape index (κ1) is 14.0. The monoisotopic (exact) mass is 294 g/mol. The molecule has 0 saturated heterocycles. The number of nitrogen functional groups attached to an aromatic ring is 1. The van der Waals surface area contributed by atoms with Gasteiger partial charge in [0, 0.05) is 11.6 Å². The molecule has 0 atom stereocenters. The Morgan fingerprint density at radius 3 is 2.65 bits per heavy atom. The molecule has 0 spiro atoms. The lowest BCUT2D eigenvalue weighted by Crippen LogP contribution is -1.99. The van der Waals surface area contributed by atoms with Crippen molar-refractivity contribution in [2.45, 2.75) is 13.8 Å². The molecule has 0 radical (unpaired) electrons. The van der Waals surface area contributed by atoms with Crippen LogP contribution < -0.4 is 10.5 Å². The lowest BCUT2D eigenvalue weighted by atomic mass is 10.1. The second-order valence-electron chi connectivity index (χ2n) is 4.14. The van der Waals surface area contributed by atoms with Gasteiger partial charge in [-0.2, -0.15) is 4.98 Å². The number of rotatable bonds is 3. The zero-order chi connectivity index (χ0) is 14.9. The van der Waals surface area contributed by atoms with Crippen LogP contribution in [0.4, 0.5) is 11.5 Å². The number of nitro benzene ring substituents is 1. The van der Waals surface area contributed by atoms with E-state index in [1.807, 2.05) is 0 Å². The maximum absolute atomic E-state index is 10.8. The van der Waals surface area contributed by atoms with Crippen molar-refractivity contribution >= 4 is 23.1 Å². The number of nitrogens with two attached hydrogens (primary N) is 1. The van der Waals surface area contributed by atoms with Gasteiger partial charge >= 0.3 is 0 Å². The number of halogens is 1. The minimum atomic E-state index is -0.443. The van der Waals surface area contributed by atoms with Crippen LogP contribution in [0.15, 0.2) is 18.5 Å². The Bertz CT molecular complexity index is 691. The van der Waals surface area contributed by atoms with Gasteiger partial charge in [0.15, 0.2) is 0 Å². The standard InChI is InChI=1S/C12H11ClN4O3/c1-6-4-9(7(2)3-8(6)17(18)19)20-12-10(13)11(14)15-5-16-12/h3-5H,1-2H3,(H2,14,15,16). The molecular formula is C12H11ClN4O3. The van der Waals surface area contributed by atoms with Crippen LogP contribution >= 0.6 is 11.6 Å². The van der Waals surface area contributed by atoms with Gasteiger partial charge in [-0.1, -0.05) is 11.6 Å². The van der Waals surface area contributed by atoms with Crippen LogP contribution in [0, 0.1) is 24.0 Å². The number of hydrogen-bond donors (Lipinski definition) is 1. The third-order valence-electron chi connectivity index (χ3n) is 2.68. The maximum atomic E-state index is 10.8. The second kappa shape index (κ2) is 5.30. The van der Waals surface area contributed by atoms with Gasteiger partial charge in [0.25, 0.3) is 5.69 Å². The van der Waals surface area contributed by atoms with Crippen molar-refractivity contribution in [3.8, 4) is 11.6 Å². The Hall–Kier alpha value is -2.41. The quantitative estimate of drug-likeness (QED) is 0.689. The Kier molecular flexibility index (Phi) is 3.71. The van der Waals surface area contributed by atoms with Gasteiger partial charge in [0.1, 0.15) is 22.9 Å². The van der Waals surface area contributed by atoms with Gasteiger partial charge < -0.3 is 10.5 Å². The van der Waals surface area contributed by atoms with Gasteiger partial charge in [0.2, 0.25) is 5.88 Å². The van der Waals surface area contributed by atoms with E-state index in [2.05, 4.69) is 9.97 Å². The number of nitro groups is 1. The average Bonchev–Trinajstić information content (AvgIpc) is 2.38. The van der Waals surface area contributed by atoms with E-state index in [-0.39, 0.29) is 22.4 Å². The van der Waals surface area contributed by atoms with Gasteiger partial charge in [-0.25, -0.2) is 4.98 Å². The van der Waals surface area contributed by atoms with Crippen LogP contribution in [-0.4, -0.2) is 14.9 Å². The van der Waals surface area contributed by atoms with E-state index in [1.54, 1.807) is 19.9 Å². The summed E-state index contributed by atoms with van der Waals surface area (Å²) in [6.07, 6.45) is 1.23. The molecule has 0 amide bonds. The van der Waals surface area contributed by atoms with Gasteiger partial charge in [-0.15, -0.1) is 0 Å². The molecule has 2 aromatic rings. The molecule has 0 aliphatic rings. The first-order chi connectivity index (χ1) is 9.40. The van der Waals surface area contributed by atoms with E-state index in [0.717, 1.165) is 0 Å². The van der Waals surface area contributed by atoms with E-state index in [1.165, 1.54) is 12.4 Å². The fourth-order valence-corrected chi connectivity index (χ4v) is 1.76. The third-order valence-corrected chi connectivity index (χ3v) is 3.04. The minimum absolute atomic E-state index is 0.0307. The van der Waals surface area contributed by atoms with E-state index < -0.39 is 4.92 Å². The van der Waals surface area contributed by atoms with Crippen molar-refractivity contribution in [3.05, 3.63) is 44.7 Å². The van der Waals surface area contributed by atoms with Gasteiger partial charge in [-0.05, 0) is 25.5 Å². The Morgan fingerprint density at radius 2 is 2.00 bits per heavy atom. The number of benzene rings is 1. The molecule has 7 nitrogen and oxygen atoms in total. The molecule has 0 aliphatic carbocycles. The summed E-state index contributed by atoms with van der Waals surface area (Å²) in [5.41, 5.74) is 6.66. The number of anilines is 1. The molecule has 8 heteroatoms. The average molecular weight is 295 g/mol. The molecular weight excluding hydrogens is 284 g/mol. The first-order valence-electron chi connectivity index (χ1n) is 5.59. The number of aromatic nitrogens is 2. The van der Waals surface area contributed by atoms with E-state index in [9.17, 15) is 10.1 Å². The van der Waals surface area contributed by atoms with Crippen LogP contribution in [0.2, 0.25) is 5.02 Å². The van der Waals surface area contributed by atoms with Gasteiger partial charge in [-0.3, -0.25) is 10.1 Å². The normalized spacial score (nSPS) is 10.3. The van der Waals surface area contributed by atoms with Crippen molar-refractivity contribution < 1.29 is 9.66 Å². The maximum Gasteiger partial charge on any atom is 0.272 e. The molecule has 1 aromatic carbocycles. The molecule has 0 aliphatic heterocycles. The molecule has 0 bridgehead atoms. The van der Waals surface area contributed by atoms with Crippen molar-refractivity contribution in [1.29, 1.82) is 0 Å². The molecule has 2 N–H and O–H groups in total. The van der Waals surface area contributed by atoms with E-state index >= 15 is 0 Å². The molecule has 0 fully saturated rings. The van der Waals surface area contributed by atoms with Crippen LogP contribution in [0.5, 0.6) is 11.6 Å². The van der Waals surface area contributed by atoms with Crippen molar-refractivity contribution in [2.75, 3.05) is 5.73 Å². The summed E-state index contributed by atoms with van der Waals surface area (Å²) < 4.78 is 5.55. The topological polar surface area (TPSA) is 104 Å². The summed E-state index contributed by atoms with van der Waals surface area (Å²) in [6.45, 7) is 3.32. The van der Waals surface area contributed by atoms with Crippen LogP contribution in [-0.2, 0) is 0 Å². The summed E-state index contributed by atoms with van der Waals surface area (Å²) in [5, 5.41) is 10.9. The molecule has 1 heterocycles. The van der Waals surface area contributed by atoms with E-state index in [0.29, 0.717) is 16.9 Å². The second-order valence-corrected chi connectivity index (χ2v) is 4.52. The number of hydrogen-bond acceptors (Lipinski definition) is 6. The SMILES string of the molecule is Cc1cc([N+](=O)[O-])c(C)cc1Oc1ncnc(N)c1Cl. The van der Waals surface area contributed by atoms with Crippen LogP contribution in [0.25, 0.3) is 0 Å². The summed E-state index contributed by atoms with van der Waals surface area (Å²) >= 11 is 5.93. The third kappa shape index (κ3) is 2.62. The predicted molar refractivity (Wildman–Crippen MR) is 74.1 cm³/mol. The minimum Gasteiger partial charge on any atom is -0.437 e. The molecule has 0 saturated carbocycles. The number of ether oxygens (including phenoxy) is 1. The lowest BCUT2D eigenvalue weighted by molar-refractivity contribution is -0.385. The Labute approximate surface area is 119 Å². The summed E-state index contributed by atoms with van der Waals surface area (Å²) in [4.78, 5) is 18.0. The van der Waals surface area contributed by atoms with Crippen molar-refractivity contribution in [1.82, 2.24) is 9.97 Å². The van der Waals surface area contributed by atoms with Gasteiger partial charge in [0.05, 0.1) is 4.92 Å². The fraction of sp³-hybridized carbons (Fsp3) is 0.167. The summed E-state index contributed by atoms with van der Waals surface area (Å²) in [6, 6.07) is 2.99. The number of nitrogens with zero attached hydrogens (tertiary/aromatic N) is 3. The van der Waals surface area contributed by atoms with Crippen molar-refractivity contribution in [3.63, 3.8) is 0 Å². The first-order valence-corrected chi connectivity index (χ1v) is 5.97. The van der Waals surface area contributed by atoms with Crippen LogP contribution in [0.1, 0.15) is 11.1 Å². The van der Waals surface area contributed by atoms with E-state index in [4.69, 9.17) is 22.1 Å². The highest BCUT2D eigenvalue weighted by Crippen LogP contribution is 2.34. The zero-order valence-electron chi connectivity index (χ0n) is 10.8. The highest BCUT2D eigenvalue weighted by atomic mass is 35.5. The lowest BCUT2D eigenvalue weighted by Gasteiger charge is -2.10. The smallest absolute Gasteiger partial charge is 0.272 e. The Morgan fingerprint density at radius 1 is 1.30 bits per heavy atom. The molecule has 2 rings (SSSR count). The molecule has 1 aromatic heterocycles. The van der Waals surface area contributed by atoms with Crippen LogP contribution in [0.3, 0.4) is 0 Å². The number of aryl methyl sites for hydroxylation is 2. The molecule has 104 valence electrons. The summed E-state index contributed by atoms with van der Waals surface area (Å²) in [7, 11) is 0.